The first kappa shape index (κ1) is 18.3. The summed E-state index contributed by atoms with van der Waals surface area (Å²) in [5.41, 5.74) is 0.803. The Morgan fingerprint density at radius 2 is 1.92 bits per heavy atom. The van der Waals surface area contributed by atoms with Crippen molar-refractivity contribution in [3.05, 3.63) is 64.9 Å². The molecule has 136 valence electrons. The molecule has 2 aromatic rings. The average Bonchev–Trinajstić information content (AvgIpc) is 2.61. The number of carbonyl (C=O) groups excluding carboxylic acids is 1. The van der Waals surface area contributed by atoms with Crippen LogP contribution in [0.4, 0.5) is 5.69 Å². The molecule has 0 spiro atoms. The molecule has 8 heteroatoms. The Hall–Kier alpha value is -2.51. The highest BCUT2D eigenvalue weighted by Crippen LogP contribution is 2.31. The molecule has 1 heterocycles. The minimum Gasteiger partial charge on any atom is -0.495 e. The van der Waals surface area contributed by atoms with Crippen molar-refractivity contribution in [2.45, 2.75) is 0 Å². The molecule has 0 atom stereocenters. The van der Waals surface area contributed by atoms with E-state index in [2.05, 4.69) is 5.32 Å². The van der Waals surface area contributed by atoms with Crippen molar-refractivity contribution in [3.63, 3.8) is 0 Å². The van der Waals surface area contributed by atoms with Gasteiger partial charge in [0, 0.05) is 5.69 Å². The zero-order valence-corrected chi connectivity index (χ0v) is 15.4. The number of benzene rings is 2. The highest BCUT2D eigenvalue weighted by molar-refractivity contribution is 8.00. The fourth-order valence-corrected chi connectivity index (χ4v) is 4.26. The lowest BCUT2D eigenvalue weighted by atomic mass is 10.2. The second kappa shape index (κ2) is 7.39. The van der Waals surface area contributed by atoms with E-state index in [1.807, 2.05) is 0 Å². The highest BCUT2D eigenvalue weighted by atomic mass is 35.5. The van der Waals surface area contributed by atoms with Crippen molar-refractivity contribution in [1.29, 1.82) is 0 Å². The predicted octanol–water partition coefficient (Wildman–Crippen LogP) is 3.10. The largest absolute Gasteiger partial charge is 0.495 e. The van der Waals surface area contributed by atoms with E-state index < -0.39 is 15.7 Å². The summed E-state index contributed by atoms with van der Waals surface area (Å²) in [5, 5.41) is 2.93. The molecule has 0 saturated carbocycles. The maximum Gasteiger partial charge on any atom is 0.292 e. The second-order valence-corrected chi connectivity index (χ2v) is 7.95. The predicted molar refractivity (Wildman–Crippen MR) is 99.7 cm³/mol. The molecule has 26 heavy (non-hydrogen) atoms. The monoisotopic (exact) mass is 393 g/mol. The van der Waals surface area contributed by atoms with Gasteiger partial charge in [0.2, 0.25) is 5.76 Å². The minimum absolute atomic E-state index is 0.0786. The van der Waals surface area contributed by atoms with E-state index in [0.717, 1.165) is 0 Å². The highest BCUT2D eigenvalue weighted by Gasteiger charge is 2.33. The van der Waals surface area contributed by atoms with Crippen LogP contribution in [0.3, 0.4) is 0 Å². The van der Waals surface area contributed by atoms with Gasteiger partial charge in [0.25, 0.3) is 5.91 Å². The molecular weight excluding hydrogens is 378 g/mol. The van der Waals surface area contributed by atoms with Gasteiger partial charge in [-0.15, -0.1) is 0 Å². The Morgan fingerprint density at radius 3 is 2.58 bits per heavy atom. The standard InChI is InChI=1S/C18H16ClNO5S/c1-24-15-8-7-13(11-14(15)19)20-18(21)16-17(12-5-3-2-4-6-12)26(22,23)10-9-25-16/h2-8,11H,9-10H2,1H3,(H,20,21). The van der Waals surface area contributed by atoms with E-state index in [9.17, 15) is 13.2 Å². The van der Waals surface area contributed by atoms with Crippen molar-refractivity contribution >= 4 is 37.9 Å². The summed E-state index contributed by atoms with van der Waals surface area (Å²) in [4.78, 5) is 12.6. The Morgan fingerprint density at radius 1 is 1.19 bits per heavy atom. The Balaban J connectivity index is 2.00. The fraction of sp³-hybridized carbons (Fsp3) is 0.167. The summed E-state index contributed by atoms with van der Waals surface area (Å²) in [6, 6.07) is 13.1. The van der Waals surface area contributed by atoms with E-state index >= 15 is 0 Å². The van der Waals surface area contributed by atoms with E-state index in [-0.39, 0.29) is 23.0 Å². The number of hydrogen-bond donors (Lipinski definition) is 1. The van der Waals surface area contributed by atoms with Crippen molar-refractivity contribution in [2.24, 2.45) is 0 Å². The first-order chi connectivity index (χ1) is 12.4. The zero-order valence-electron chi connectivity index (χ0n) is 13.9. The van der Waals surface area contributed by atoms with Crippen molar-refractivity contribution in [3.8, 4) is 5.75 Å². The van der Waals surface area contributed by atoms with Gasteiger partial charge in [0.15, 0.2) is 9.84 Å². The minimum atomic E-state index is -3.63. The molecule has 6 nitrogen and oxygen atoms in total. The van der Waals surface area contributed by atoms with Gasteiger partial charge < -0.3 is 14.8 Å². The van der Waals surface area contributed by atoms with Crippen LogP contribution in [0.2, 0.25) is 5.02 Å². The topological polar surface area (TPSA) is 81.7 Å². The van der Waals surface area contributed by atoms with Crippen molar-refractivity contribution in [1.82, 2.24) is 0 Å². The van der Waals surface area contributed by atoms with Crippen LogP contribution >= 0.6 is 11.6 Å². The van der Waals surface area contributed by atoms with E-state index in [0.29, 0.717) is 22.0 Å². The van der Waals surface area contributed by atoms with Crippen LogP contribution in [0.25, 0.3) is 4.91 Å². The fourth-order valence-electron chi connectivity index (χ4n) is 2.56. The number of hydrogen-bond acceptors (Lipinski definition) is 5. The van der Waals surface area contributed by atoms with Crippen LogP contribution in [0, 0.1) is 0 Å². The summed E-state index contributed by atoms with van der Waals surface area (Å²) >= 11 is 6.05. The summed E-state index contributed by atoms with van der Waals surface area (Å²) in [5.74, 6) is -0.601. The van der Waals surface area contributed by atoms with Gasteiger partial charge >= 0.3 is 0 Å². The number of methoxy groups -OCH3 is 1. The van der Waals surface area contributed by atoms with Crippen molar-refractivity contribution in [2.75, 3.05) is 24.8 Å². The number of anilines is 1. The number of amides is 1. The third kappa shape index (κ3) is 3.68. The van der Waals surface area contributed by atoms with Gasteiger partial charge in [-0.3, -0.25) is 4.79 Å². The quantitative estimate of drug-likeness (QED) is 0.863. The van der Waals surface area contributed by atoms with Gasteiger partial charge in [0.05, 0.1) is 17.9 Å². The van der Waals surface area contributed by atoms with Gasteiger partial charge in [-0.1, -0.05) is 41.9 Å². The Kier molecular flexibility index (Phi) is 5.20. The van der Waals surface area contributed by atoms with Crippen LogP contribution in [-0.2, 0) is 19.4 Å². The van der Waals surface area contributed by atoms with Crippen molar-refractivity contribution < 1.29 is 22.7 Å². The van der Waals surface area contributed by atoms with E-state index in [4.69, 9.17) is 21.1 Å². The number of carbonyl (C=O) groups is 1. The molecule has 0 bridgehead atoms. The third-order valence-corrected chi connectivity index (χ3v) is 5.81. The van der Waals surface area contributed by atoms with Crippen LogP contribution in [0.5, 0.6) is 5.75 Å². The molecule has 3 rings (SSSR count). The lowest BCUT2D eigenvalue weighted by molar-refractivity contribution is -0.115. The summed E-state index contributed by atoms with van der Waals surface area (Å²) in [6.07, 6.45) is 0. The first-order valence-electron chi connectivity index (χ1n) is 7.72. The van der Waals surface area contributed by atoms with Gasteiger partial charge in [-0.05, 0) is 23.8 Å². The number of sulfone groups is 1. The molecule has 1 amide bonds. The molecular formula is C18H16ClNO5S. The number of ether oxygens (including phenoxy) is 2. The van der Waals surface area contributed by atoms with Crippen LogP contribution < -0.4 is 10.1 Å². The van der Waals surface area contributed by atoms with Gasteiger partial charge in [-0.25, -0.2) is 8.42 Å². The normalized spacial score (nSPS) is 15.9. The van der Waals surface area contributed by atoms with E-state index in [1.165, 1.54) is 13.2 Å². The Labute approximate surface area is 156 Å². The molecule has 0 aromatic heterocycles. The summed E-state index contributed by atoms with van der Waals surface area (Å²) in [7, 11) is -2.15. The van der Waals surface area contributed by atoms with Crippen LogP contribution in [-0.4, -0.2) is 33.8 Å². The first-order valence-corrected chi connectivity index (χ1v) is 9.75. The van der Waals surface area contributed by atoms with Gasteiger partial charge in [0.1, 0.15) is 17.3 Å². The van der Waals surface area contributed by atoms with E-state index in [1.54, 1.807) is 42.5 Å². The molecule has 0 aliphatic carbocycles. The Bertz CT molecular complexity index is 970. The maximum absolute atomic E-state index is 12.7. The lowest BCUT2D eigenvalue weighted by Gasteiger charge is -2.21. The SMILES string of the molecule is COc1ccc(NC(=O)C2=C(c3ccccc3)S(=O)(=O)CCO2)cc1Cl. The molecule has 0 unspecified atom stereocenters. The summed E-state index contributed by atoms with van der Waals surface area (Å²) < 4.78 is 35.5. The summed E-state index contributed by atoms with van der Waals surface area (Å²) in [6.45, 7) is -0.0786. The molecule has 0 saturated heterocycles. The molecule has 1 N–H and O–H groups in total. The zero-order chi connectivity index (χ0) is 18.7. The molecule has 0 fully saturated rings. The average molecular weight is 394 g/mol. The third-order valence-electron chi connectivity index (χ3n) is 3.77. The number of halogens is 1. The maximum atomic E-state index is 12.7. The number of rotatable bonds is 4. The molecule has 0 radical (unpaired) electrons. The molecule has 1 aliphatic rings. The van der Waals surface area contributed by atoms with Gasteiger partial charge in [-0.2, -0.15) is 0 Å². The molecule has 2 aromatic carbocycles. The van der Waals surface area contributed by atoms with Crippen LogP contribution in [0.1, 0.15) is 5.56 Å². The second-order valence-electron chi connectivity index (χ2n) is 5.50. The number of nitrogens with one attached hydrogen (secondary N) is 1. The molecule has 1 aliphatic heterocycles. The smallest absolute Gasteiger partial charge is 0.292 e. The van der Waals surface area contributed by atoms with Crippen LogP contribution in [0.15, 0.2) is 54.3 Å². The lowest BCUT2D eigenvalue weighted by Crippen LogP contribution is -2.28.